The highest BCUT2D eigenvalue weighted by atomic mass is 32.2. The molecule has 0 aliphatic heterocycles. The summed E-state index contributed by atoms with van der Waals surface area (Å²) in [6.07, 6.45) is 16.9. The topological polar surface area (TPSA) is 55.8 Å². The predicted molar refractivity (Wildman–Crippen MR) is 184 cm³/mol. The van der Waals surface area contributed by atoms with Crippen molar-refractivity contribution in [3.8, 4) is 0 Å². The van der Waals surface area contributed by atoms with Gasteiger partial charge in [0.05, 0.1) is 19.3 Å². The predicted octanol–water partition coefficient (Wildman–Crippen LogP) is 11.9. The molecule has 5 heteroatoms. The molecule has 0 saturated heterocycles. The van der Waals surface area contributed by atoms with Crippen LogP contribution in [0.1, 0.15) is 120 Å². The van der Waals surface area contributed by atoms with Gasteiger partial charge in [-0.3, -0.25) is 10.1 Å². The molecule has 0 aromatic heterocycles. The minimum Gasteiger partial charge on any atom is -0.375 e. The molecule has 0 bridgehead atoms. The lowest BCUT2D eigenvalue weighted by Gasteiger charge is -2.13. The summed E-state index contributed by atoms with van der Waals surface area (Å²) in [4.78, 5) is 13.0. The van der Waals surface area contributed by atoms with Crippen LogP contribution in [-0.2, 0) is 14.4 Å². The number of hydrogen-bond acceptors (Lipinski definition) is 5. The third-order valence-corrected chi connectivity index (χ3v) is 5.07. The standard InChI is InChI=1S/C12H18.C7H10.C6H12O.C4H6OS.C2H6O2.2C2H6/c1-3-8-11(4-2)12-9-6-5-7-10-12;1-7-5-3-2-4-6-7;1-4-5-7-6(2)3;1-2-3-6-4-5;1-2-4-3;2*1-2/h5-7,9-11H,3-4,8H2,1-2H3;3,5-6H,2,4H2,1H3;4,6H,1,5H2,2-3H3;2-4H,1H3;3H,2H2,1H3;2*1-2H3/b;;;3-2-;;;. The Kier molecular flexibility index (Phi) is 56.1. The van der Waals surface area contributed by atoms with E-state index in [-0.39, 0.29) is 0 Å². The van der Waals surface area contributed by atoms with E-state index in [9.17, 15) is 4.79 Å². The monoisotopic (exact) mass is 580 g/mol. The van der Waals surface area contributed by atoms with E-state index < -0.39 is 0 Å². The van der Waals surface area contributed by atoms with Gasteiger partial charge in [-0.25, -0.2) is 4.89 Å². The van der Waals surface area contributed by atoms with Gasteiger partial charge in [0.2, 0.25) is 0 Å². The fraction of sp³-hybridized carbons (Fsp3) is 0.571. The molecule has 1 aliphatic rings. The second kappa shape index (κ2) is 46.9. The minimum absolute atomic E-state index is 0.331. The van der Waals surface area contributed by atoms with E-state index in [4.69, 9.17) is 9.99 Å². The van der Waals surface area contributed by atoms with E-state index >= 15 is 0 Å². The molecule has 1 aromatic carbocycles. The van der Waals surface area contributed by atoms with Crippen LogP contribution in [0.3, 0.4) is 0 Å². The third kappa shape index (κ3) is 46.0. The maximum Gasteiger partial charge on any atom is 0.180 e. The second-order valence-corrected chi connectivity index (χ2v) is 8.76. The summed E-state index contributed by atoms with van der Waals surface area (Å²) in [7, 11) is 0. The van der Waals surface area contributed by atoms with Gasteiger partial charge in [-0.1, -0.05) is 126 Å². The van der Waals surface area contributed by atoms with Crippen molar-refractivity contribution >= 4 is 17.4 Å². The van der Waals surface area contributed by atoms with Crippen molar-refractivity contribution in [1.82, 2.24) is 0 Å². The summed E-state index contributed by atoms with van der Waals surface area (Å²) in [6, 6.07) is 10.8. The number of rotatable bonds is 10. The maximum absolute atomic E-state index is 9.48. The summed E-state index contributed by atoms with van der Waals surface area (Å²) < 4.78 is 5.07. The summed E-state index contributed by atoms with van der Waals surface area (Å²) in [5.74, 6) is 0.774. The normalized spacial score (nSPS) is 11.4. The lowest BCUT2D eigenvalue weighted by atomic mass is 9.92. The second-order valence-electron chi connectivity index (χ2n) is 8.02. The van der Waals surface area contributed by atoms with E-state index in [0.29, 0.717) is 19.3 Å². The maximum atomic E-state index is 9.48. The van der Waals surface area contributed by atoms with Gasteiger partial charge in [0, 0.05) is 0 Å². The molecule has 0 fully saturated rings. The van der Waals surface area contributed by atoms with Crippen LogP contribution in [0.15, 0.2) is 78.3 Å². The van der Waals surface area contributed by atoms with Crippen molar-refractivity contribution in [3.05, 3.63) is 83.8 Å². The zero-order chi connectivity index (χ0) is 31.9. The molecule has 0 spiro atoms. The van der Waals surface area contributed by atoms with Crippen molar-refractivity contribution in [3.63, 3.8) is 0 Å². The summed E-state index contributed by atoms with van der Waals surface area (Å²) >= 11 is 1.15. The van der Waals surface area contributed by atoms with Crippen LogP contribution < -0.4 is 0 Å². The van der Waals surface area contributed by atoms with Crippen molar-refractivity contribution in [2.24, 2.45) is 0 Å². The van der Waals surface area contributed by atoms with Crippen molar-refractivity contribution in [2.45, 2.75) is 120 Å². The first kappa shape index (κ1) is 47.8. The lowest BCUT2D eigenvalue weighted by Crippen LogP contribution is -2.00. The van der Waals surface area contributed by atoms with Crippen molar-refractivity contribution < 1.29 is 19.7 Å². The lowest BCUT2D eigenvalue weighted by molar-refractivity contribution is -0.237. The highest BCUT2D eigenvalue weighted by Crippen LogP contribution is 2.23. The molecule has 0 saturated carbocycles. The molecular weight excluding hydrogens is 516 g/mol. The molecule has 2 rings (SSSR count). The van der Waals surface area contributed by atoms with Gasteiger partial charge in [0.1, 0.15) is 0 Å². The average molecular weight is 581 g/mol. The SMILES string of the molecule is C/C=C\SC=O.C=CCOC(C)C.CC.CC.CC1=CCCC=C1.CCCC(CC)c1ccccc1.CCOO. The van der Waals surface area contributed by atoms with Gasteiger partial charge in [-0.15, -0.1) is 6.58 Å². The quantitative estimate of drug-likeness (QED) is 0.129. The molecule has 1 aromatic rings. The van der Waals surface area contributed by atoms with E-state index in [1.165, 1.54) is 43.2 Å². The number of carbonyl (C=O) groups excluding carboxylic acids is 1. The van der Waals surface area contributed by atoms with Crippen molar-refractivity contribution in [1.29, 1.82) is 0 Å². The van der Waals surface area contributed by atoms with E-state index in [1.54, 1.807) is 18.4 Å². The van der Waals surface area contributed by atoms with Crippen LogP contribution in [0.25, 0.3) is 0 Å². The van der Waals surface area contributed by atoms with Gasteiger partial charge in [0.15, 0.2) is 5.62 Å². The van der Waals surface area contributed by atoms with Crippen LogP contribution >= 0.6 is 11.8 Å². The Morgan fingerprint density at radius 1 is 1.05 bits per heavy atom. The van der Waals surface area contributed by atoms with Gasteiger partial charge in [-0.05, 0) is 77.2 Å². The molecule has 0 radical (unpaired) electrons. The number of thioether (sulfide) groups is 1. The zero-order valence-corrected chi connectivity index (χ0v) is 28.6. The first-order valence-corrected chi connectivity index (χ1v) is 15.9. The van der Waals surface area contributed by atoms with E-state index in [1.807, 2.05) is 54.5 Å². The fourth-order valence-electron chi connectivity index (χ4n) is 2.80. The third-order valence-electron chi connectivity index (χ3n) is 4.53. The Hall–Kier alpha value is -1.92. The number of ether oxygens (including phenoxy) is 1. The van der Waals surface area contributed by atoms with Gasteiger partial charge in [0.25, 0.3) is 0 Å². The van der Waals surface area contributed by atoms with Gasteiger partial charge in [-0.2, -0.15) is 0 Å². The molecule has 0 heterocycles. The van der Waals surface area contributed by atoms with E-state index in [0.717, 1.165) is 23.3 Å². The van der Waals surface area contributed by atoms with Crippen LogP contribution in [-0.4, -0.2) is 30.2 Å². The number of benzene rings is 1. The highest BCUT2D eigenvalue weighted by molar-refractivity contribution is 8.14. The van der Waals surface area contributed by atoms with Crippen molar-refractivity contribution in [2.75, 3.05) is 13.2 Å². The van der Waals surface area contributed by atoms with Crippen LogP contribution in [0.4, 0.5) is 0 Å². The molecule has 1 aliphatic carbocycles. The first-order chi connectivity index (χ1) is 19.4. The Morgan fingerprint density at radius 3 is 1.88 bits per heavy atom. The summed E-state index contributed by atoms with van der Waals surface area (Å²) in [5.41, 5.74) is 3.70. The Labute approximate surface area is 254 Å². The molecule has 1 atom stereocenters. The summed E-state index contributed by atoms with van der Waals surface area (Å²) in [6.45, 7) is 26.8. The average Bonchev–Trinajstić information content (AvgIpc) is 3.01. The molecular formula is C35H64O4S. The van der Waals surface area contributed by atoms with Crippen LogP contribution in [0, 0.1) is 0 Å². The number of hydrogen-bond donors (Lipinski definition) is 1. The van der Waals surface area contributed by atoms with Gasteiger partial charge < -0.3 is 4.74 Å². The largest absolute Gasteiger partial charge is 0.375 e. The zero-order valence-electron chi connectivity index (χ0n) is 27.8. The molecule has 4 nitrogen and oxygen atoms in total. The Bertz CT molecular complexity index is 665. The Balaban J connectivity index is -0.000000129. The molecule has 40 heavy (non-hydrogen) atoms. The minimum atomic E-state index is 0.331. The number of carbonyl (C=O) groups is 1. The first-order valence-electron chi connectivity index (χ1n) is 14.9. The smallest absolute Gasteiger partial charge is 0.180 e. The van der Waals surface area contributed by atoms with Crippen LogP contribution in [0.2, 0.25) is 0 Å². The summed E-state index contributed by atoms with van der Waals surface area (Å²) in [5, 5.41) is 9.10. The molecule has 0 amide bonds. The number of allylic oxidation sites excluding steroid dienone is 5. The highest BCUT2D eigenvalue weighted by Gasteiger charge is 2.06. The molecule has 1 unspecified atom stereocenters. The fourth-order valence-corrected chi connectivity index (χ4v) is 3.02. The van der Waals surface area contributed by atoms with E-state index in [2.05, 4.69) is 80.8 Å². The van der Waals surface area contributed by atoms with Crippen LogP contribution in [0.5, 0.6) is 0 Å². The molecule has 234 valence electrons. The van der Waals surface area contributed by atoms with Gasteiger partial charge >= 0.3 is 0 Å². The molecule has 1 N–H and O–H groups in total. The Morgan fingerprint density at radius 2 is 1.62 bits per heavy atom.